The van der Waals surface area contributed by atoms with Crippen LogP contribution >= 0.6 is 34.3 Å². The third-order valence-electron chi connectivity index (χ3n) is 5.76. The Kier molecular flexibility index (Phi) is 6.13. The molecule has 0 unspecified atom stereocenters. The van der Waals surface area contributed by atoms with Crippen molar-refractivity contribution in [3.63, 3.8) is 0 Å². The molecule has 0 aliphatic heterocycles. The van der Waals surface area contributed by atoms with Crippen molar-refractivity contribution in [3.05, 3.63) is 112 Å². The Balaban J connectivity index is 0.000000136. The molecule has 0 aliphatic rings. The maximum Gasteiger partial charge on any atom is 0.268 e. The molecule has 7 rings (SSSR count). The van der Waals surface area contributed by atoms with E-state index in [1.165, 1.54) is 22.7 Å². The van der Waals surface area contributed by atoms with E-state index in [0.717, 1.165) is 35.6 Å². The fourth-order valence-electron chi connectivity index (χ4n) is 4.11. The molecule has 0 bridgehead atoms. The number of H-pyrrole nitrogens is 1. The van der Waals surface area contributed by atoms with Crippen molar-refractivity contribution >= 4 is 87.3 Å². The number of halogens is 1. The number of aromatic amines is 1. The average Bonchev–Trinajstić information content (AvgIpc) is 3.49. The second kappa shape index (κ2) is 9.74. The quantitative estimate of drug-likeness (QED) is 0.238. The van der Waals surface area contributed by atoms with Crippen LogP contribution in [-0.4, -0.2) is 20.9 Å². The minimum absolute atomic E-state index is 0.0580. The highest BCUT2D eigenvalue weighted by atomic mass is 35.5. The molecule has 5 heterocycles. The molecule has 0 radical (unpaired) electrons. The molecule has 7 aromatic rings. The Morgan fingerprint density at radius 3 is 2.22 bits per heavy atom. The molecule has 2 N–H and O–H groups in total. The highest BCUT2D eigenvalue weighted by Gasteiger charge is 2.17. The van der Waals surface area contributed by atoms with Crippen LogP contribution in [0.1, 0.15) is 9.67 Å². The average molecular weight is 541 g/mol. The summed E-state index contributed by atoms with van der Waals surface area (Å²) in [4.78, 5) is 35.9. The lowest BCUT2D eigenvalue weighted by atomic mass is 10.1. The molecule has 0 spiro atoms. The number of aromatic nitrogens is 3. The van der Waals surface area contributed by atoms with E-state index in [-0.39, 0.29) is 11.5 Å². The summed E-state index contributed by atoms with van der Waals surface area (Å²) in [7, 11) is 0. The Labute approximate surface area is 223 Å². The van der Waals surface area contributed by atoms with Gasteiger partial charge in [0, 0.05) is 43.3 Å². The van der Waals surface area contributed by atoms with Crippen molar-refractivity contribution in [2.45, 2.75) is 0 Å². The predicted molar refractivity (Wildman–Crippen MR) is 154 cm³/mol. The van der Waals surface area contributed by atoms with Crippen LogP contribution in [0.5, 0.6) is 0 Å². The number of nitrogens with zero attached hydrogens (tertiary/aromatic N) is 2. The number of thiophene rings is 2. The van der Waals surface area contributed by atoms with Crippen LogP contribution in [0.25, 0.3) is 41.3 Å². The number of pyridine rings is 3. The molecule has 1 amide bonds. The van der Waals surface area contributed by atoms with Gasteiger partial charge in [-0.3, -0.25) is 9.59 Å². The van der Waals surface area contributed by atoms with Gasteiger partial charge in [-0.25, -0.2) is 9.97 Å². The molecular weight excluding hydrogens is 524 g/mol. The first kappa shape index (κ1) is 23.3. The highest BCUT2D eigenvalue weighted by molar-refractivity contribution is 7.26. The van der Waals surface area contributed by atoms with Crippen LogP contribution in [-0.2, 0) is 0 Å². The normalized spacial score (nSPS) is 11.1. The molecule has 180 valence electrons. The van der Waals surface area contributed by atoms with E-state index in [1.54, 1.807) is 24.5 Å². The summed E-state index contributed by atoms with van der Waals surface area (Å²) < 4.78 is 2.91. The zero-order valence-electron chi connectivity index (χ0n) is 19.1. The molecule has 2 aromatic carbocycles. The van der Waals surface area contributed by atoms with Gasteiger partial charge in [-0.2, -0.15) is 0 Å². The number of benzene rings is 2. The summed E-state index contributed by atoms with van der Waals surface area (Å²) in [5.41, 5.74) is 0.593. The van der Waals surface area contributed by atoms with Gasteiger partial charge in [0.05, 0.1) is 5.02 Å². The molecule has 37 heavy (non-hydrogen) atoms. The van der Waals surface area contributed by atoms with Gasteiger partial charge in [-0.1, -0.05) is 54.1 Å². The summed E-state index contributed by atoms with van der Waals surface area (Å²) in [6.45, 7) is 0. The van der Waals surface area contributed by atoms with Gasteiger partial charge in [0.15, 0.2) is 0 Å². The van der Waals surface area contributed by atoms with Gasteiger partial charge in [0.1, 0.15) is 21.0 Å². The summed E-state index contributed by atoms with van der Waals surface area (Å²) in [5, 5.41) is 7.28. The second-order valence-electron chi connectivity index (χ2n) is 8.07. The van der Waals surface area contributed by atoms with Crippen molar-refractivity contribution in [1.82, 2.24) is 15.0 Å². The molecule has 9 heteroatoms. The topological polar surface area (TPSA) is 87.7 Å². The number of amides is 1. The first-order valence-electron chi connectivity index (χ1n) is 11.3. The lowest BCUT2D eigenvalue weighted by Crippen LogP contribution is -2.11. The van der Waals surface area contributed by atoms with E-state index in [0.29, 0.717) is 21.4 Å². The van der Waals surface area contributed by atoms with Crippen molar-refractivity contribution < 1.29 is 4.79 Å². The zero-order valence-corrected chi connectivity index (χ0v) is 21.5. The molecule has 5 aromatic heterocycles. The maximum absolute atomic E-state index is 12.2. The van der Waals surface area contributed by atoms with E-state index in [4.69, 9.17) is 11.6 Å². The number of hydrogen-bond acceptors (Lipinski definition) is 6. The molecule has 0 saturated heterocycles. The van der Waals surface area contributed by atoms with Gasteiger partial charge in [-0.15, -0.1) is 22.7 Å². The fourth-order valence-corrected chi connectivity index (χ4v) is 6.64. The van der Waals surface area contributed by atoms with E-state index in [1.807, 2.05) is 60.7 Å². The Morgan fingerprint density at radius 1 is 0.784 bits per heavy atom. The van der Waals surface area contributed by atoms with E-state index in [2.05, 4.69) is 26.3 Å². The first-order valence-corrected chi connectivity index (χ1v) is 13.3. The molecule has 0 aliphatic carbocycles. The van der Waals surface area contributed by atoms with Crippen LogP contribution in [0.4, 0.5) is 5.82 Å². The standard InChI is InChI=1S/C14H9ClN2OS.C14H8N2OS/c15-12-9-5-1-2-6-10(9)19-13(12)14(18)17-11-7-3-4-8-16-11;17-14-12-11(8-4-1-2-6-10(8)18-12)9-5-3-7-15-13(9)16-14/h1-8H,(H,16,17,18);1-7H,(H,15,16,17). The van der Waals surface area contributed by atoms with Crippen molar-refractivity contribution in [2.24, 2.45) is 0 Å². The van der Waals surface area contributed by atoms with E-state index in [9.17, 15) is 9.59 Å². The maximum atomic E-state index is 12.2. The molecule has 0 atom stereocenters. The van der Waals surface area contributed by atoms with Gasteiger partial charge >= 0.3 is 0 Å². The Hall–Kier alpha value is -4.11. The van der Waals surface area contributed by atoms with E-state index < -0.39 is 0 Å². The van der Waals surface area contributed by atoms with Crippen LogP contribution in [0.2, 0.25) is 5.02 Å². The number of nitrogens with one attached hydrogen (secondary N) is 2. The van der Waals surface area contributed by atoms with Crippen LogP contribution < -0.4 is 10.9 Å². The minimum atomic E-state index is -0.232. The lowest BCUT2D eigenvalue weighted by molar-refractivity contribution is 0.103. The Morgan fingerprint density at radius 2 is 1.46 bits per heavy atom. The summed E-state index contributed by atoms with van der Waals surface area (Å²) in [5.74, 6) is 0.283. The molecule has 0 saturated carbocycles. The van der Waals surface area contributed by atoms with Gasteiger partial charge in [0.2, 0.25) is 0 Å². The van der Waals surface area contributed by atoms with Gasteiger partial charge in [0.25, 0.3) is 11.5 Å². The summed E-state index contributed by atoms with van der Waals surface area (Å²) >= 11 is 9.16. The number of carbonyl (C=O) groups is 1. The van der Waals surface area contributed by atoms with Crippen LogP contribution in [0, 0.1) is 0 Å². The highest BCUT2D eigenvalue weighted by Crippen LogP contribution is 2.36. The number of hydrogen-bond donors (Lipinski definition) is 2. The van der Waals surface area contributed by atoms with Gasteiger partial charge in [-0.05, 0) is 36.4 Å². The third kappa shape index (κ3) is 4.35. The lowest BCUT2D eigenvalue weighted by Gasteiger charge is -2.01. The predicted octanol–water partition coefficient (Wildman–Crippen LogP) is 7.49. The van der Waals surface area contributed by atoms with Crippen LogP contribution in [0.15, 0.2) is 96.1 Å². The molecule has 6 nitrogen and oxygen atoms in total. The summed E-state index contributed by atoms with van der Waals surface area (Å²) in [6.07, 6.45) is 3.32. The monoisotopic (exact) mass is 540 g/mol. The fraction of sp³-hybridized carbons (Fsp3) is 0. The number of fused-ring (bicyclic) bond motifs is 6. The molecule has 0 fully saturated rings. The van der Waals surface area contributed by atoms with Crippen molar-refractivity contribution in [3.8, 4) is 0 Å². The largest absolute Gasteiger partial charge is 0.306 e. The number of anilines is 1. The van der Waals surface area contributed by atoms with Crippen molar-refractivity contribution in [2.75, 3.05) is 5.32 Å². The Bertz CT molecular complexity index is 1980. The second-order valence-corrected chi connectivity index (χ2v) is 10.5. The first-order chi connectivity index (χ1) is 18.1. The SMILES string of the molecule is O=C(Nc1ccccn1)c1sc2ccccc2c1Cl.O=c1[nH]c2ncccc2c2c1sc1ccccc12. The summed E-state index contributed by atoms with van der Waals surface area (Å²) in [6, 6.07) is 25.0. The third-order valence-corrected chi connectivity index (χ3v) is 8.60. The number of carbonyl (C=O) groups excluding carboxylic acids is 1. The smallest absolute Gasteiger partial charge is 0.268 e. The van der Waals surface area contributed by atoms with Crippen LogP contribution in [0.3, 0.4) is 0 Å². The number of rotatable bonds is 2. The van der Waals surface area contributed by atoms with Crippen molar-refractivity contribution in [1.29, 1.82) is 0 Å². The van der Waals surface area contributed by atoms with Gasteiger partial charge < -0.3 is 10.3 Å². The van der Waals surface area contributed by atoms with E-state index >= 15 is 0 Å². The minimum Gasteiger partial charge on any atom is -0.306 e. The zero-order chi connectivity index (χ0) is 25.4. The molecular formula is C28H17ClN4O2S2.